The highest BCUT2D eigenvalue weighted by atomic mass is 19.2. The first kappa shape index (κ1) is 13.9. The van der Waals surface area contributed by atoms with E-state index in [1.165, 1.54) is 18.2 Å². The predicted molar refractivity (Wildman–Crippen MR) is 75.4 cm³/mol. The van der Waals surface area contributed by atoms with Gasteiger partial charge in [-0.05, 0) is 48.4 Å². The average molecular weight is 292 g/mol. The van der Waals surface area contributed by atoms with Crippen molar-refractivity contribution in [3.8, 4) is 0 Å². The summed E-state index contributed by atoms with van der Waals surface area (Å²) < 4.78 is 39.6. The molecule has 1 unspecified atom stereocenters. The molecule has 1 aliphatic heterocycles. The maximum absolute atomic E-state index is 13.5. The standard InChI is InChI=1S/C16H15F3N2/c17-11-2-4-12(5-3-11)21-8-7-15(20)16(21)10-1-6-13(18)14(19)9-10/h1-6,9,15-16H,7-8,20H2/t15?,16-/m0/s1. The maximum atomic E-state index is 13.5. The van der Waals surface area contributed by atoms with Crippen LogP contribution in [0.25, 0.3) is 0 Å². The van der Waals surface area contributed by atoms with Crippen molar-refractivity contribution in [2.45, 2.75) is 18.5 Å². The van der Waals surface area contributed by atoms with E-state index in [2.05, 4.69) is 0 Å². The van der Waals surface area contributed by atoms with Gasteiger partial charge in [-0.25, -0.2) is 13.2 Å². The average Bonchev–Trinajstić information content (AvgIpc) is 2.85. The summed E-state index contributed by atoms with van der Waals surface area (Å²) in [5.41, 5.74) is 7.57. The summed E-state index contributed by atoms with van der Waals surface area (Å²) >= 11 is 0. The van der Waals surface area contributed by atoms with Crippen molar-refractivity contribution < 1.29 is 13.2 Å². The zero-order valence-electron chi connectivity index (χ0n) is 11.3. The van der Waals surface area contributed by atoms with E-state index in [4.69, 9.17) is 5.73 Å². The van der Waals surface area contributed by atoms with Crippen molar-refractivity contribution in [1.29, 1.82) is 0 Å². The Labute approximate surface area is 121 Å². The fourth-order valence-electron chi connectivity index (χ4n) is 2.86. The van der Waals surface area contributed by atoms with Crippen molar-refractivity contribution in [3.05, 3.63) is 65.5 Å². The van der Waals surface area contributed by atoms with Gasteiger partial charge in [0.25, 0.3) is 0 Å². The first-order valence-corrected chi connectivity index (χ1v) is 6.79. The van der Waals surface area contributed by atoms with Crippen LogP contribution in [0.3, 0.4) is 0 Å². The van der Waals surface area contributed by atoms with Gasteiger partial charge >= 0.3 is 0 Å². The van der Waals surface area contributed by atoms with Gasteiger partial charge in [0.1, 0.15) is 5.82 Å². The molecule has 2 nitrogen and oxygen atoms in total. The van der Waals surface area contributed by atoms with E-state index in [0.29, 0.717) is 12.1 Å². The summed E-state index contributed by atoms with van der Waals surface area (Å²) in [6.45, 7) is 0.691. The second-order valence-corrected chi connectivity index (χ2v) is 5.24. The third-order valence-corrected chi connectivity index (χ3v) is 3.89. The van der Waals surface area contributed by atoms with Gasteiger partial charge in [0.2, 0.25) is 0 Å². The van der Waals surface area contributed by atoms with Crippen molar-refractivity contribution in [3.63, 3.8) is 0 Å². The lowest BCUT2D eigenvalue weighted by atomic mass is 10.00. The molecule has 0 aromatic heterocycles. The highest BCUT2D eigenvalue weighted by molar-refractivity contribution is 5.51. The molecule has 0 radical (unpaired) electrons. The van der Waals surface area contributed by atoms with Gasteiger partial charge in [0.15, 0.2) is 11.6 Å². The van der Waals surface area contributed by atoms with Crippen LogP contribution in [0.1, 0.15) is 18.0 Å². The van der Waals surface area contributed by atoms with Gasteiger partial charge in [-0.2, -0.15) is 0 Å². The van der Waals surface area contributed by atoms with Crippen molar-refractivity contribution in [2.24, 2.45) is 5.73 Å². The van der Waals surface area contributed by atoms with Gasteiger partial charge in [0, 0.05) is 18.3 Å². The minimum Gasteiger partial charge on any atom is -0.363 e. The van der Waals surface area contributed by atoms with E-state index in [-0.39, 0.29) is 17.9 Å². The van der Waals surface area contributed by atoms with Gasteiger partial charge in [-0.15, -0.1) is 0 Å². The normalized spacial score (nSPS) is 21.8. The van der Waals surface area contributed by atoms with Gasteiger partial charge in [-0.3, -0.25) is 0 Å². The van der Waals surface area contributed by atoms with Crippen molar-refractivity contribution in [2.75, 3.05) is 11.4 Å². The summed E-state index contributed by atoms with van der Waals surface area (Å²) in [4.78, 5) is 2.00. The lowest BCUT2D eigenvalue weighted by molar-refractivity contribution is 0.503. The van der Waals surface area contributed by atoms with E-state index in [1.54, 1.807) is 18.2 Å². The Hall–Kier alpha value is -2.01. The number of anilines is 1. The summed E-state index contributed by atoms with van der Waals surface area (Å²) in [7, 11) is 0. The van der Waals surface area contributed by atoms with Crippen LogP contribution in [-0.4, -0.2) is 12.6 Å². The Balaban J connectivity index is 1.97. The van der Waals surface area contributed by atoms with Gasteiger partial charge in [0.05, 0.1) is 6.04 Å². The molecule has 21 heavy (non-hydrogen) atoms. The van der Waals surface area contributed by atoms with E-state index >= 15 is 0 Å². The lowest BCUT2D eigenvalue weighted by Crippen LogP contribution is -2.31. The van der Waals surface area contributed by atoms with Gasteiger partial charge < -0.3 is 10.6 Å². The Morgan fingerprint density at radius 3 is 2.33 bits per heavy atom. The SMILES string of the molecule is NC1CCN(c2ccc(F)cc2)[C@H]1c1ccc(F)c(F)c1. The number of benzene rings is 2. The van der Waals surface area contributed by atoms with E-state index in [0.717, 1.165) is 18.2 Å². The topological polar surface area (TPSA) is 29.3 Å². The minimum absolute atomic E-state index is 0.181. The van der Waals surface area contributed by atoms with Crippen LogP contribution in [0.4, 0.5) is 18.9 Å². The molecule has 110 valence electrons. The first-order valence-electron chi connectivity index (χ1n) is 6.79. The van der Waals surface area contributed by atoms with E-state index < -0.39 is 11.6 Å². The summed E-state index contributed by atoms with van der Waals surface area (Å²) in [6.07, 6.45) is 0.737. The van der Waals surface area contributed by atoms with Crippen LogP contribution >= 0.6 is 0 Å². The number of halogens is 3. The van der Waals surface area contributed by atoms with Crippen LogP contribution in [0, 0.1) is 17.5 Å². The Kier molecular flexibility index (Phi) is 3.59. The number of rotatable bonds is 2. The molecule has 3 rings (SSSR count). The molecular formula is C16H15F3N2. The fourth-order valence-corrected chi connectivity index (χ4v) is 2.86. The molecule has 0 saturated carbocycles. The molecule has 2 N–H and O–H groups in total. The molecular weight excluding hydrogens is 277 g/mol. The quantitative estimate of drug-likeness (QED) is 0.919. The summed E-state index contributed by atoms with van der Waals surface area (Å²) in [5.74, 6) is -2.07. The smallest absolute Gasteiger partial charge is 0.159 e. The van der Waals surface area contributed by atoms with E-state index in [1.807, 2.05) is 4.90 Å². The highest BCUT2D eigenvalue weighted by Gasteiger charge is 2.33. The molecule has 0 aliphatic carbocycles. The molecule has 2 aromatic rings. The number of nitrogens with two attached hydrogens (primary N) is 1. The molecule has 0 amide bonds. The Morgan fingerprint density at radius 2 is 1.67 bits per heavy atom. The molecule has 1 saturated heterocycles. The third-order valence-electron chi connectivity index (χ3n) is 3.89. The van der Waals surface area contributed by atoms with Crippen molar-refractivity contribution in [1.82, 2.24) is 0 Å². The number of hydrogen-bond donors (Lipinski definition) is 1. The predicted octanol–water partition coefficient (Wildman–Crippen LogP) is 3.38. The molecule has 0 bridgehead atoms. The zero-order valence-corrected chi connectivity index (χ0v) is 11.3. The lowest BCUT2D eigenvalue weighted by Gasteiger charge is -2.29. The summed E-state index contributed by atoms with van der Waals surface area (Å²) in [6, 6.07) is 9.50. The molecule has 1 heterocycles. The minimum atomic E-state index is -0.884. The first-order chi connectivity index (χ1) is 10.1. The Morgan fingerprint density at radius 1 is 0.952 bits per heavy atom. The zero-order chi connectivity index (χ0) is 15.0. The number of nitrogens with zero attached hydrogens (tertiary/aromatic N) is 1. The molecule has 5 heteroatoms. The molecule has 2 atom stereocenters. The second-order valence-electron chi connectivity index (χ2n) is 5.24. The second kappa shape index (κ2) is 5.41. The molecule has 1 fully saturated rings. The monoisotopic (exact) mass is 292 g/mol. The highest BCUT2D eigenvalue weighted by Crippen LogP contribution is 2.35. The van der Waals surface area contributed by atoms with E-state index in [9.17, 15) is 13.2 Å². The largest absolute Gasteiger partial charge is 0.363 e. The maximum Gasteiger partial charge on any atom is 0.159 e. The van der Waals surface area contributed by atoms with Crippen LogP contribution in [0.5, 0.6) is 0 Å². The summed E-state index contributed by atoms with van der Waals surface area (Å²) in [5, 5.41) is 0. The van der Waals surface area contributed by atoms with Crippen LogP contribution < -0.4 is 10.6 Å². The molecule has 0 spiro atoms. The van der Waals surface area contributed by atoms with Crippen LogP contribution in [0.15, 0.2) is 42.5 Å². The molecule has 1 aliphatic rings. The molecule has 2 aromatic carbocycles. The fraction of sp³-hybridized carbons (Fsp3) is 0.250. The van der Waals surface area contributed by atoms with Gasteiger partial charge in [-0.1, -0.05) is 6.07 Å². The van der Waals surface area contributed by atoms with Crippen LogP contribution in [0.2, 0.25) is 0 Å². The van der Waals surface area contributed by atoms with Crippen molar-refractivity contribution >= 4 is 5.69 Å². The Bertz CT molecular complexity index is 642. The number of hydrogen-bond acceptors (Lipinski definition) is 2. The third kappa shape index (κ3) is 2.61. The van der Waals surface area contributed by atoms with Crippen LogP contribution in [-0.2, 0) is 0 Å².